The normalized spacial score (nSPS) is 16.2. The molecule has 4 aromatic rings. The molecule has 2 aliphatic rings. The Hall–Kier alpha value is -6.92. The van der Waals surface area contributed by atoms with E-state index in [1.165, 1.54) is 72.8 Å². The summed E-state index contributed by atoms with van der Waals surface area (Å²) in [4.78, 5) is 41.3. The summed E-state index contributed by atoms with van der Waals surface area (Å²) in [6.07, 6.45) is 4.97. The maximum absolute atomic E-state index is 14.2. The SMILES string of the molecule is O=[N+]([O-])c1ccc(C2=CC(=C3C=C(c4ccc([N+](=O)[O-])cc4)S(=O)(=O)C(c4ccc([N+](=O)[O-])cc4)=C3)C=C(c3ccc([N+](=O)[O-])cc3)S2(=O)=O)cc1. The van der Waals surface area contributed by atoms with Crippen molar-refractivity contribution in [2.24, 2.45) is 0 Å². The van der Waals surface area contributed by atoms with Gasteiger partial charge < -0.3 is 0 Å². The van der Waals surface area contributed by atoms with Gasteiger partial charge in [-0.3, -0.25) is 40.5 Å². The minimum absolute atomic E-state index is 0.0405. The van der Waals surface area contributed by atoms with E-state index in [0.717, 1.165) is 48.5 Å². The van der Waals surface area contributed by atoms with Crippen molar-refractivity contribution in [2.75, 3.05) is 0 Å². The first kappa shape index (κ1) is 34.9. The van der Waals surface area contributed by atoms with Gasteiger partial charge in [-0.1, -0.05) is 0 Å². The number of hydrogen-bond acceptors (Lipinski definition) is 12. The molecule has 0 aliphatic carbocycles. The van der Waals surface area contributed by atoms with Gasteiger partial charge in [0.25, 0.3) is 22.7 Å². The van der Waals surface area contributed by atoms with E-state index in [9.17, 15) is 57.3 Å². The van der Waals surface area contributed by atoms with Crippen LogP contribution in [0.25, 0.3) is 19.6 Å². The fourth-order valence-electron chi connectivity index (χ4n) is 5.47. The lowest BCUT2D eigenvalue weighted by molar-refractivity contribution is -0.385. The van der Waals surface area contributed by atoms with Crippen LogP contribution in [0.5, 0.6) is 0 Å². The number of nitro groups is 4. The first-order valence-electron chi connectivity index (χ1n) is 14.7. The lowest BCUT2D eigenvalue weighted by atomic mass is 10.00. The standard InChI is InChI=1S/C34H20N4O12S2/c39-35(40)27-9-1-21(2-10-27)31-17-25(18-32(51(31,47)48)22-3-11-28(12-4-22)36(41)42)26-19-33(23-5-13-29(14-6-23)37(43)44)52(49,50)34(20-26)24-7-15-30(16-8-24)38(45)46/h1-20H. The van der Waals surface area contributed by atoms with Crippen molar-refractivity contribution in [3.63, 3.8) is 0 Å². The molecule has 0 bridgehead atoms. The predicted octanol–water partition coefficient (Wildman–Crippen LogP) is 6.94. The summed E-state index contributed by atoms with van der Waals surface area (Å²) in [5, 5.41) is 45.3. The number of non-ortho nitro benzene ring substituents is 4. The molecule has 0 spiro atoms. The number of hydrogen-bond donors (Lipinski definition) is 0. The molecule has 16 nitrogen and oxygen atoms in total. The van der Waals surface area contributed by atoms with E-state index in [2.05, 4.69) is 0 Å². The molecule has 0 amide bonds. The summed E-state index contributed by atoms with van der Waals surface area (Å²) in [5.41, 5.74) is -0.833. The van der Waals surface area contributed by atoms with Crippen molar-refractivity contribution in [3.05, 3.63) is 195 Å². The second-order valence-corrected chi connectivity index (χ2v) is 14.9. The van der Waals surface area contributed by atoms with Gasteiger partial charge in [0.2, 0.25) is 19.7 Å². The third-order valence-electron chi connectivity index (χ3n) is 8.09. The van der Waals surface area contributed by atoms with Gasteiger partial charge in [-0.2, -0.15) is 0 Å². The van der Waals surface area contributed by atoms with Gasteiger partial charge in [0.1, 0.15) is 0 Å². The molecule has 0 fully saturated rings. The monoisotopic (exact) mass is 740 g/mol. The Morgan fingerprint density at radius 2 is 0.500 bits per heavy atom. The molecule has 0 aromatic heterocycles. The van der Waals surface area contributed by atoms with Gasteiger partial charge in [-0.15, -0.1) is 0 Å². The molecule has 0 saturated heterocycles. The van der Waals surface area contributed by atoms with E-state index in [-0.39, 0.29) is 75.8 Å². The van der Waals surface area contributed by atoms with Crippen molar-refractivity contribution in [1.82, 2.24) is 0 Å². The van der Waals surface area contributed by atoms with Crippen molar-refractivity contribution >= 4 is 62.0 Å². The van der Waals surface area contributed by atoms with Gasteiger partial charge in [0.15, 0.2) is 0 Å². The van der Waals surface area contributed by atoms with Crippen LogP contribution in [0, 0.1) is 40.5 Å². The van der Waals surface area contributed by atoms with E-state index < -0.39 is 39.4 Å². The lowest BCUT2D eigenvalue weighted by Crippen LogP contribution is -2.13. The van der Waals surface area contributed by atoms with Crippen molar-refractivity contribution in [1.29, 1.82) is 0 Å². The lowest BCUT2D eigenvalue weighted by Gasteiger charge is -2.22. The van der Waals surface area contributed by atoms with Crippen LogP contribution in [0.1, 0.15) is 22.3 Å². The molecule has 0 saturated carbocycles. The topological polar surface area (TPSA) is 241 Å². The fourth-order valence-corrected chi connectivity index (χ4v) is 8.86. The van der Waals surface area contributed by atoms with Gasteiger partial charge in [0.05, 0.1) is 39.3 Å². The third kappa shape index (κ3) is 6.41. The maximum atomic E-state index is 14.2. The van der Waals surface area contributed by atoms with Gasteiger partial charge in [-0.25, -0.2) is 16.8 Å². The molecule has 6 rings (SSSR count). The summed E-state index contributed by atoms with van der Waals surface area (Å²) < 4.78 is 56.7. The molecule has 2 heterocycles. The molecule has 0 atom stereocenters. The quantitative estimate of drug-likeness (QED) is 0.132. The number of nitro benzene ring substituents is 4. The Balaban J connectivity index is 1.66. The molecule has 0 N–H and O–H groups in total. The summed E-state index contributed by atoms with van der Waals surface area (Å²) in [7, 11) is -8.85. The molecule has 2 aliphatic heterocycles. The van der Waals surface area contributed by atoms with Crippen LogP contribution < -0.4 is 0 Å². The highest BCUT2D eigenvalue weighted by molar-refractivity contribution is 8.09. The van der Waals surface area contributed by atoms with Gasteiger partial charge >= 0.3 is 0 Å². The number of sulfone groups is 2. The maximum Gasteiger partial charge on any atom is 0.269 e. The van der Waals surface area contributed by atoms with E-state index in [1.807, 2.05) is 0 Å². The van der Waals surface area contributed by atoms with Crippen molar-refractivity contribution in [2.45, 2.75) is 0 Å². The van der Waals surface area contributed by atoms with Crippen LogP contribution in [-0.2, 0) is 19.7 Å². The van der Waals surface area contributed by atoms with E-state index in [4.69, 9.17) is 0 Å². The minimum atomic E-state index is -4.43. The van der Waals surface area contributed by atoms with Crippen LogP contribution in [0.15, 0.2) is 133 Å². The van der Waals surface area contributed by atoms with Crippen molar-refractivity contribution in [3.8, 4) is 0 Å². The van der Waals surface area contributed by atoms with Crippen LogP contribution >= 0.6 is 0 Å². The molecule has 18 heteroatoms. The number of benzene rings is 4. The predicted molar refractivity (Wildman–Crippen MR) is 189 cm³/mol. The number of nitrogens with zero attached hydrogens (tertiary/aromatic N) is 4. The molecule has 0 radical (unpaired) electrons. The zero-order valence-corrected chi connectivity index (χ0v) is 27.7. The first-order chi connectivity index (χ1) is 24.6. The Morgan fingerprint density at radius 1 is 0.327 bits per heavy atom. The van der Waals surface area contributed by atoms with E-state index in [0.29, 0.717) is 0 Å². The highest BCUT2D eigenvalue weighted by Gasteiger charge is 2.34. The summed E-state index contributed by atoms with van der Waals surface area (Å²) >= 11 is 0. The zero-order chi connectivity index (χ0) is 37.5. The summed E-state index contributed by atoms with van der Waals surface area (Å²) in [6.45, 7) is 0. The third-order valence-corrected chi connectivity index (χ3v) is 11.8. The average Bonchev–Trinajstić information content (AvgIpc) is 3.11. The second-order valence-electron chi connectivity index (χ2n) is 11.2. The number of allylic oxidation sites excluding steroid dienone is 6. The highest BCUT2D eigenvalue weighted by Crippen LogP contribution is 2.44. The van der Waals surface area contributed by atoms with Crippen molar-refractivity contribution < 1.29 is 36.5 Å². The van der Waals surface area contributed by atoms with Crippen LogP contribution in [0.4, 0.5) is 22.7 Å². The smallest absolute Gasteiger partial charge is 0.258 e. The van der Waals surface area contributed by atoms with E-state index >= 15 is 0 Å². The van der Waals surface area contributed by atoms with Crippen LogP contribution in [0.3, 0.4) is 0 Å². The molecule has 52 heavy (non-hydrogen) atoms. The molecular weight excluding hydrogens is 721 g/mol. The average molecular weight is 741 g/mol. The Bertz CT molecular complexity index is 2260. The first-order valence-corrected chi connectivity index (χ1v) is 17.6. The van der Waals surface area contributed by atoms with Crippen LogP contribution in [0.2, 0.25) is 0 Å². The fraction of sp³-hybridized carbons (Fsp3) is 0. The second kappa shape index (κ2) is 13.1. The largest absolute Gasteiger partial charge is 0.269 e. The van der Waals surface area contributed by atoms with E-state index in [1.54, 1.807) is 0 Å². The van der Waals surface area contributed by atoms with Gasteiger partial charge in [-0.05, 0) is 106 Å². The zero-order valence-electron chi connectivity index (χ0n) is 26.1. The molecule has 0 unspecified atom stereocenters. The highest BCUT2D eigenvalue weighted by atomic mass is 32.2. The Morgan fingerprint density at radius 3 is 0.654 bits per heavy atom. The van der Waals surface area contributed by atoms with Gasteiger partial charge in [0, 0.05) is 48.5 Å². The molecule has 4 aromatic carbocycles. The Kier molecular flexibility index (Phi) is 8.79. The molecule has 260 valence electrons. The molecular formula is C34H20N4O12S2. The summed E-state index contributed by atoms with van der Waals surface area (Å²) in [5.74, 6) is 0. The summed E-state index contributed by atoms with van der Waals surface area (Å²) in [6, 6.07) is 18.7. The Labute approximate surface area is 293 Å². The van der Waals surface area contributed by atoms with Crippen LogP contribution in [-0.4, -0.2) is 36.5 Å². The minimum Gasteiger partial charge on any atom is -0.258 e. The number of rotatable bonds is 8.